The minimum absolute atomic E-state index is 0.0397. The van der Waals surface area contributed by atoms with Gasteiger partial charge in [0.25, 0.3) is 0 Å². The Labute approximate surface area is 182 Å². The Balaban J connectivity index is 1.60. The van der Waals surface area contributed by atoms with Crippen LogP contribution in [0.5, 0.6) is 0 Å². The Kier molecular flexibility index (Phi) is 8.13. The molecule has 1 aromatic carbocycles. The molecule has 168 valence electrons. The number of hydrogen-bond acceptors (Lipinski definition) is 4. The zero-order valence-corrected chi connectivity index (χ0v) is 19.8. The van der Waals surface area contributed by atoms with Crippen LogP contribution in [0.4, 0.5) is 5.69 Å². The summed E-state index contributed by atoms with van der Waals surface area (Å²) in [4.78, 5) is 25.2. The zero-order valence-electron chi connectivity index (χ0n) is 18.8. The summed E-state index contributed by atoms with van der Waals surface area (Å²) in [6.07, 6.45) is 7.58. The molecule has 2 aliphatic heterocycles. The van der Waals surface area contributed by atoms with E-state index in [4.69, 9.17) is 4.74 Å². The van der Waals surface area contributed by atoms with Crippen LogP contribution in [0.3, 0.4) is 0 Å². The lowest BCUT2D eigenvalue weighted by Crippen LogP contribution is -2.40. The standard InChI is InChI=1S/C24H39NO4Si/c1-18-21(29-22(15-17-26)24(18)30(2,3)28)14-11-19-9-12-20(13-10-19)25-16-7-5-4-6-8-23(25)27/h9-10,12-13,18,21-22,24,26,28H,4-8,11,14-17H2,1-3H3/t18-,21+,22-,24+/m1/s1. The summed E-state index contributed by atoms with van der Waals surface area (Å²) >= 11 is 0. The van der Waals surface area contributed by atoms with Crippen molar-refractivity contribution in [3.05, 3.63) is 29.8 Å². The lowest BCUT2D eigenvalue weighted by molar-refractivity contribution is -0.118. The zero-order chi connectivity index (χ0) is 21.7. The van der Waals surface area contributed by atoms with Gasteiger partial charge in [-0.2, -0.15) is 0 Å². The van der Waals surface area contributed by atoms with E-state index in [1.165, 1.54) is 12.0 Å². The molecule has 3 rings (SSSR count). The Bertz CT molecular complexity index is 687. The number of hydrogen-bond donors (Lipinski definition) is 2. The second-order valence-electron chi connectivity index (χ2n) is 9.68. The number of anilines is 1. The van der Waals surface area contributed by atoms with Crippen LogP contribution in [-0.4, -0.2) is 49.5 Å². The van der Waals surface area contributed by atoms with Gasteiger partial charge < -0.3 is 19.5 Å². The van der Waals surface area contributed by atoms with Crippen molar-refractivity contribution < 1.29 is 19.4 Å². The highest BCUT2D eigenvalue weighted by molar-refractivity contribution is 6.71. The molecular formula is C24H39NO4Si. The molecule has 0 radical (unpaired) electrons. The van der Waals surface area contributed by atoms with Gasteiger partial charge in [0.05, 0.1) is 12.2 Å². The van der Waals surface area contributed by atoms with Gasteiger partial charge in [-0.3, -0.25) is 4.79 Å². The number of rotatable bonds is 7. The number of carbonyl (C=O) groups is 1. The largest absolute Gasteiger partial charge is 0.432 e. The van der Waals surface area contributed by atoms with E-state index < -0.39 is 8.32 Å². The van der Waals surface area contributed by atoms with Crippen LogP contribution in [0.2, 0.25) is 18.6 Å². The average Bonchev–Trinajstić information content (AvgIpc) is 3.00. The summed E-state index contributed by atoms with van der Waals surface area (Å²) in [5, 5.41) is 9.40. The summed E-state index contributed by atoms with van der Waals surface area (Å²) in [6.45, 7) is 7.07. The maximum absolute atomic E-state index is 12.5. The van der Waals surface area contributed by atoms with Crippen LogP contribution in [0.25, 0.3) is 0 Å². The van der Waals surface area contributed by atoms with Gasteiger partial charge in [-0.25, -0.2) is 0 Å². The predicted octanol–water partition coefficient (Wildman–Crippen LogP) is 4.27. The van der Waals surface area contributed by atoms with Crippen molar-refractivity contribution in [3.8, 4) is 0 Å². The number of nitrogens with zero attached hydrogens (tertiary/aromatic N) is 1. The average molecular weight is 434 g/mol. The summed E-state index contributed by atoms with van der Waals surface area (Å²) in [6, 6.07) is 8.42. The second-order valence-corrected chi connectivity index (χ2v) is 13.7. The molecule has 0 aliphatic carbocycles. The van der Waals surface area contributed by atoms with Crippen LogP contribution >= 0.6 is 0 Å². The first-order valence-electron chi connectivity index (χ1n) is 11.7. The van der Waals surface area contributed by atoms with Crippen molar-refractivity contribution in [2.24, 2.45) is 5.92 Å². The molecule has 0 spiro atoms. The molecule has 2 N–H and O–H groups in total. The van der Waals surface area contributed by atoms with E-state index in [0.29, 0.717) is 18.8 Å². The van der Waals surface area contributed by atoms with Crippen molar-refractivity contribution in [3.63, 3.8) is 0 Å². The fourth-order valence-corrected chi connectivity index (χ4v) is 8.05. The molecule has 2 aliphatic rings. The van der Waals surface area contributed by atoms with Crippen LogP contribution in [0, 0.1) is 5.92 Å². The van der Waals surface area contributed by atoms with Gasteiger partial charge in [0, 0.05) is 30.8 Å². The molecule has 1 amide bonds. The van der Waals surface area contributed by atoms with Crippen molar-refractivity contribution in [2.75, 3.05) is 18.1 Å². The predicted molar refractivity (Wildman–Crippen MR) is 123 cm³/mol. The van der Waals surface area contributed by atoms with E-state index in [0.717, 1.165) is 44.3 Å². The maximum atomic E-state index is 12.5. The van der Waals surface area contributed by atoms with Crippen molar-refractivity contribution >= 4 is 19.9 Å². The van der Waals surface area contributed by atoms with Gasteiger partial charge in [0.1, 0.15) is 0 Å². The summed E-state index contributed by atoms with van der Waals surface area (Å²) in [5.74, 6) is 0.540. The first-order valence-corrected chi connectivity index (χ1v) is 14.7. The Hall–Kier alpha value is -1.21. The molecule has 1 aromatic rings. The lowest BCUT2D eigenvalue weighted by Gasteiger charge is -2.30. The van der Waals surface area contributed by atoms with Gasteiger partial charge in [0.2, 0.25) is 5.91 Å². The Morgan fingerprint density at radius 3 is 2.43 bits per heavy atom. The van der Waals surface area contributed by atoms with E-state index in [-0.39, 0.29) is 30.3 Å². The number of aryl methyl sites for hydroxylation is 1. The van der Waals surface area contributed by atoms with E-state index >= 15 is 0 Å². The fourth-order valence-electron chi connectivity index (χ4n) is 5.39. The molecule has 4 atom stereocenters. The van der Waals surface area contributed by atoms with E-state index in [9.17, 15) is 14.7 Å². The first-order chi connectivity index (χ1) is 14.3. The summed E-state index contributed by atoms with van der Waals surface area (Å²) in [7, 11) is -2.35. The molecule has 30 heavy (non-hydrogen) atoms. The normalized spacial score (nSPS) is 28.4. The van der Waals surface area contributed by atoms with Crippen LogP contribution < -0.4 is 4.90 Å². The van der Waals surface area contributed by atoms with Crippen molar-refractivity contribution in [1.29, 1.82) is 0 Å². The molecule has 0 saturated carbocycles. The molecule has 0 unspecified atom stereocenters. The SMILES string of the molecule is C[C@H]1[C@H]([Si](C)(C)O)[C@@H](CCO)O[C@H]1CCc1ccc(N2CCCCCCC2=O)cc1. The molecule has 2 fully saturated rings. The van der Waals surface area contributed by atoms with Gasteiger partial charge in [0.15, 0.2) is 8.32 Å². The van der Waals surface area contributed by atoms with Gasteiger partial charge in [-0.1, -0.05) is 31.9 Å². The smallest absolute Gasteiger partial charge is 0.226 e. The monoisotopic (exact) mass is 433 g/mol. The quantitative estimate of drug-likeness (QED) is 0.630. The molecule has 2 heterocycles. The van der Waals surface area contributed by atoms with Crippen LogP contribution in [0.15, 0.2) is 24.3 Å². The maximum Gasteiger partial charge on any atom is 0.226 e. The second kappa shape index (κ2) is 10.4. The highest BCUT2D eigenvalue weighted by Crippen LogP contribution is 2.45. The van der Waals surface area contributed by atoms with Gasteiger partial charge >= 0.3 is 0 Å². The number of benzene rings is 1. The first kappa shape index (κ1) is 23.5. The fraction of sp³-hybridized carbons (Fsp3) is 0.708. The number of ether oxygens (including phenoxy) is 1. The van der Waals surface area contributed by atoms with Crippen molar-refractivity contribution in [2.45, 2.75) is 89.1 Å². The number of amides is 1. The third-order valence-corrected chi connectivity index (χ3v) is 9.45. The highest BCUT2D eigenvalue weighted by Gasteiger charge is 2.49. The Morgan fingerprint density at radius 1 is 1.07 bits per heavy atom. The minimum atomic E-state index is -2.35. The number of carbonyl (C=O) groups excluding carboxylic acids is 1. The van der Waals surface area contributed by atoms with E-state index in [2.05, 4.69) is 31.2 Å². The van der Waals surface area contributed by atoms with Crippen LogP contribution in [-0.2, 0) is 16.0 Å². The molecule has 2 saturated heterocycles. The number of aliphatic hydroxyl groups excluding tert-OH is 1. The van der Waals surface area contributed by atoms with Crippen molar-refractivity contribution in [1.82, 2.24) is 0 Å². The van der Waals surface area contributed by atoms with E-state index in [1.807, 2.05) is 18.0 Å². The molecule has 6 heteroatoms. The molecule has 0 aromatic heterocycles. The third kappa shape index (κ3) is 5.72. The molecule has 0 bridgehead atoms. The molecular weight excluding hydrogens is 394 g/mol. The summed E-state index contributed by atoms with van der Waals surface area (Å²) < 4.78 is 6.30. The minimum Gasteiger partial charge on any atom is -0.432 e. The summed E-state index contributed by atoms with van der Waals surface area (Å²) in [5.41, 5.74) is 2.42. The van der Waals surface area contributed by atoms with Gasteiger partial charge in [-0.15, -0.1) is 0 Å². The third-order valence-electron chi connectivity index (χ3n) is 6.92. The lowest BCUT2D eigenvalue weighted by atomic mass is 9.95. The topological polar surface area (TPSA) is 70.0 Å². The van der Waals surface area contributed by atoms with Gasteiger partial charge in [-0.05, 0) is 68.8 Å². The molecule has 5 nitrogen and oxygen atoms in total. The highest BCUT2D eigenvalue weighted by atomic mass is 28.4. The number of aliphatic hydroxyl groups is 1. The van der Waals surface area contributed by atoms with Crippen LogP contribution in [0.1, 0.15) is 57.4 Å². The van der Waals surface area contributed by atoms with E-state index in [1.54, 1.807) is 0 Å². The Morgan fingerprint density at radius 2 is 1.77 bits per heavy atom.